The van der Waals surface area contributed by atoms with Crippen LogP contribution in [0.5, 0.6) is 5.75 Å². The van der Waals surface area contributed by atoms with Gasteiger partial charge in [0.15, 0.2) is 11.6 Å². The summed E-state index contributed by atoms with van der Waals surface area (Å²) >= 11 is 0. The van der Waals surface area contributed by atoms with Crippen LogP contribution in [0, 0.1) is 40.3 Å². The molecule has 0 bridgehead atoms. The maximum Gasteiger partial charge on any atom is 0.166 e. The van der Waals surface area contributed by atoms with E-state index in [0.29, 0.717) is 5.56 Å². The van der Waals surface area contributed by atoms with Gasteiger partial charge in [0.2, 0.25) is 0 Å². The smallest absolute Gasteiger partial charge is 0.166 e. The molecule has 2 rings (SSSR count). The van der Waals surface area contributed by atoms with Gasteiger partial charge in [0.1, 0.15) is 6.34 Å². The van der Waals surface area contributed by atoms with Crippen LogP contribution in [0.2, 0.25) is 0 Å². The number of benzene rings is 1. The quantitative estimate of drug-likeness (QED) is 0.271. The fraction of sp³-hybridized carbons (Fsp3) is 0.560. The molecule has 0 spiro atoms. The van der Waals surface area contributed by atoms with Crippen LogP contribution >= 0.6 is 0 Å². The molecule has 3 unspecified atom stereocenters. The summed E-state index contributed by atoms with van der Waals surface area (Å²) in [6.45, 7) is 14.9. The van der Waals surface area contributed by atoms with Gasteiger partial charge in [-0.25, -0.2) is 9.38 Å². The number of hydrogen-bond acceptors (Lipinski definition) is 4. The fourth-order valence-electron chi connectivity index (χ4n) is 2.86. The van der Waals surface area contributed by atoms with E-state index in [-0.39, 0.29) is 5.75 Å². The predicted molar refractivity (Wildman–Crippen MR) is 129 cm³/mol. The second kappa shape index (κ2) is 17.2. The van der Waals surface area contributed by atoms with Gasteiger partial charge in [-0.1, -0.05) is 34.3 Å². The molecule has 1 aliphatic carbocycles. The normalized spacial score (nSPS) is 17.3. The maximum absolute atomic E-state index is 12.8. The molecule has 0 aromatic heterocycles. The Labute approximate surface area is 187 Å². The molecule has 1 aromatic carbocycles. The summed E-state index contributed by atoms with van der Waals surface area (Å²) in [4.78, 5) is 3.56. The highest BCUT2D eigenvalue weighted by Gasteiger charge is 2.32. The van der Waals surface area contributed by atoms with Gasteiger partial charge >= 0.3 is 0 Å². The average Bonchev–Trinajstić information content (AvgIpc) is 3.46. The average molecular weight is 431 g/mol. The summed E-state index contributed by atoms with van der Waals surface area (Å²) in [5, 5.41) is 18.3. The van der Waals surface area contributed by atoms with Crippen LogP contribution in [0.1, 0.15) is 58.9 Å². The van der Waals surface area contributed by atoms with Crippen molar-refractivity contribution in [2.45, 2.75) is 53.4 Å². The van der Waals surface area contributed by atoms with Gasteiger partial charge in [0.05, 0.1) is 18.7 Å². The third-order valence-corrected chi connectivity index (χ3v) is 5.11. The summed E-state index contributed by atoms with van der Waals surface area (Å²) in [7, 11) is 1.38. The van der Waals surface area contributed by atoms with Gasteiger partial charge < -0.3 is 10.1 Å². The van der Waals surface area contributed by atoms with Gasteiger partial charge in [-0.2, -0.15) is 5.26 Å². The first-order chi connectivity index (χ1) is 14.8. The molecule has 3 atom stereocenters. The van der Waals surface area contributed by atoms with Crippen LogP contribution in [-0.2, 0) is 0 Å². The van der Waals surface area contributed by atoms with Crippen molar-refractivity contribution in [3.63, 3.8) is 0 Å². The van der Waals surface area contributed by atoms with E-state index in [2.05, 4.69) is 42.4 Å². The third kappa shape index (κ3) is 14.2. The highest BCUT2D eigenvalue weighted by molar-refractivity contribution is 5.83. The van der Waals surface area contributed by atoms with E-state index in [9.17, 15) is 4.39 Å². The molecule has 2 N–H and O–H groups in total. The zero-order valence-electron chi connectivity index (χ0n) is 19.7. The molecular weight excluding hydrogens is 391 g/mol. The van der Waals surface area contributed by atoms with E-state index < -0.39 is 5.82 Å². The Morgan fingerprint density at radius 1 is 1.48 bits per heavy atom. The second-order valence-electron chi connectivity index (χ2n) is 7.84. The van der Waals surface area contributed by atoms with Crippen molar-refractivity contribution in [3.05, 3.63) is 41.7 Å². The fourth-order valence-corrected chi connectivity index (χ4v) is 2.86. The summed E-state index contributed by atoms with van der Waals surface area (Å²) in [5.41, 5.74) is 1.25. The van der Waals surface area contributed by atoms with Crippen LogP contribution in [0.4, 0.5) is 4.39 Å². The molecule has 1 aromatic rings. The first kappa shape index (κ1) is 28.5. The summed E-state index contributed by atoms with van der Waals surface area (Å²) < 4.78 is 17.4. The van der Waals surface area contributed by atoms with Crippen LogP contribution in [0.3, 0.4) is 0 Å². The van der Waals surface area contributed by atoms with Gasteiger partial charge in [-0.15, -0.1) is 0 Å². The Bertz CT molecular complexity index is 727. The number of rotatable bonds is 10. The lowest BCUT2D eigenvalue weighted by Gasteiger charge is -2.10. The molecule has 0 amide bonds. The molecular formula is C25H39FN4O. The highest BCUT2D eigenvalue weighted by Crippen LogP contribution is 2.42. The van der Waals surface area contributed by atoms with E-state index >= 15 is 0 Å². The predicted octanol–water partition coefficient (Wildman–Crippen LogP) is 6.00. The Balaban J connectivity index is 0.000000446. The highest BCUT2D eigenvalue weighted by atomic mass is 19.1. The molecule has 172 valence electrons. The molecule has 5 nitrogen and oxygen atoms in total. The Hall–Kier alpha value is -2.52. The summed E-state index contributed by atoms with van der Waals surface area (Å²) in [6.07, 6.45) is 7.81. The van der Waals surface area contributed by atoms with Crippen LogP contribution < -0.4 is 10.1 Å². The number of ether oxygens (including phenoxy) is 1. The van der Waals surface area contributed by atoms with E-state index in [1.807, 2.05) is 13.0 Å². The number of allylic oxidation sites excluding steroid dienone is 1. The number of hydrogen-bond donors (Lipinski definition) is 2. The molecule has 0 saturated heterocycles. The molecule has 0 radical (unpaired) electrons. The van der Waals surface area contributed by atoms with Crippen molar-refractivity contribution in [2.24, 2.45) is 22.7 Å². The molecule has 1 saturated carbocycles. The standard InChI is InChI=1S/C11H23N.C8H6FNO.C6H10N2/c1-4-12-6-5-9(2)7-11-8-10(11)3;1-11-8-3-2-6(5-10)4-7(8)9;1-3-6(2)4-8-5-7/h9-12H,4-8H2,1-3H3;2-4H,1H3;4-5,7H,2-3H2,1H3. The SMILES string of the molecule is C=C(C=NC=N)CC.CCNCCC(C)CC1CC1C.COc1ccc(C#N)cc1F. The number of nitriles is 1. The minimum atomic E-state index is -0.508. The molecule has 0 aliphatic heterocycles. The van der Waals surface area contributed by atoms with Gasteiger partial charge in [0, 0.05) is 6.21 Å². The summed E-state index contributed by atoms with van der Waals surface area (Å²) in [6, 6.07) is 5.89. The lowest BCUT2D eigenvalue weighted by molar-refractivity contribution is 0.386. The van der Waals surface area contributed by atoms with Crippen LogP contribution in [0.15, 0.2) is 35.3 Å². The van der Waals surface area contributed by atoms with Gasteiger partial charge in [-0.05, 0) is 80.3 Å². The minimum absolute atomic E-state index is 0.156. The van der Waals surface area contributed by atoms with Crippen molar-refractivity contribution in [2.75, 3.05) is 20.2 Å². The monoisotopic (exact) mass is 430 g/mol. The number of nitrogens with one attached hydrogen (secondary N) is 2. The molecule has 0 heterocycles. The summed E-state index contributed by atoms with van der Waals surface area (Å²) in [5.74, 6) is 2.68. The van der Waals surface area contributed by atoms with Gasteiger partial charge in [0.25, 0.3) is 0 Å². The first-order valence-corrected chi connectivity index (χ1v) is 11.0. The molecule has 31 heavy (non-hydrogen) atoms. The van der Waals surface area contributed by atoms with Gasteiger partial charge in [-0.3, -0.25) is 5.41 Å². The van der Waals surface area contributed by atoms with Crippen molar-refractivity contribution < 1.29 is 9.13 Å². The zero-order chi connectivity index (χ0) is 23.6. The maximum atomic E-state index is 12.8. The largest absolute Gasteiger partial charge is 0.494 e. The van der Waals surface area contributed by atoms with E-state index in [4.69, 9.17) is 10.7 Å². The van der Waals surface area contributed by atoms with Crippen molar-refractivity contribution in [1.82, 2.24) is 5.32 Å². The molecule has 1 fully saturated rings. The van der Waals surface area contributed by atoms with E-state index in [1.54, 1.807) is 6.21 Å². The minimum Gasteiger partial charge on any atom is -0.494 e. The molecule has 6 heteroatoms. The third-order valence-electron chi connectivity index (χ3n) is 5.11. The Kier molecular flexibility index (Phi) is 15.8. The topological polar surface area (TPSA) is 81.3 Å². The number of nitrogens with zero attached hydrogens (tertiary/aromatic N) is 2. The van der Waals surface area contributed by atoms with Crippen molar-refractivity contribution in [3.8, 4) is 11.8 Å². The lowest BCUT2D eigenvalue weighted by Crippen LogP contribution is -2.16. The number of halogens is 1. The van der Waals surface area contributed by atoms with E-state index in [0.717, 1.165) is 48.7 Å². The number of methoxy groups -OCH3 is 1. The van der Waals surface area contributed by atoms with Crippen molar-refractivity contribution in [1.29, 1.82) is 10.7 Å². The van der Waals surface area contributed by atoms with Crippen molar-refractivity contribution >= 4 is 12.6 Å². The number of aliphatic imine (C=N–C) groups is 1. The second-order valence-corrected chi connectivity index (χ2v) is 7.84. The van der Waals surface area contributed by atoms with Crippen LogP contribution in [0.25, 0.3) is 0 Å². The Morgan fingerprint density at radius 2 is 2.16 bits per heavy atom. The van der Waals surface area contributed by atoms with Crippen LogP contribution in [-0.4, -0.2) is 32.8 Å². The Morgan fingerprint density at radius 3 is 2.61 bits per heavy atom. The first-order valence-electron chi connectivity index (χ1n) is 11.0. The van der Waals surface area contributed by atoms with E-state index in [1.165, 1.54) is 45.0 Å². The molecule has 1 aliphatic rings. The zero-order valence-corrected chi connectivity index (χ0v) is 19.7. The lowest BCUT2D eigenvalue weighted by atomic mass is 10.00.